The van der Waals surface area contributed by atoms with Gasteiger partial charge in [-0.2, -0.15) is 9.40 Å². The number of rotatable bonds is 8. The maximum absolute atomic E-state index is 13.4. The molecule has 1 amide bonds. The highest BCUT2D eigenvalue weighted by atomic mass is 32.2. The fourth-order valence-corrected chi connectivity index (χ4v) is 7.72. The van der Waals surface area contributed by atoms with Crippen LogP contribution in [0.25, 0.3) is 10.9 Å². The highest BCUT2D eigenvalue weighted by Crippen LogP contribution is 2.38. The predicted molar refractivity (Wildman–Crippen MR) is 146 cm³/mol. The fourth-order valence-electron chi connectivity index (χ4n) is 5.26. The summed E-state index contributed by atoms with van der Waals surface area (Å²) in [5.74, 6) is 0.0341. The van der Waals surface area contributed by atoms with Crippen molar-refractivity contribution in [2.24, 2.45) is 5.92 Å². The third-order valence-corrected chi connectivity index (χ3v) is 10.9. The Morgan fingerprint density at radius 1 is 1.13 bits per heavy atom. The van der Waals surface area contributed by atoms with Crippen molar-refractivity contribution < 1.29 is 21.6 Å². The second kappa shape index (κ2) is 9.61. The minimum atomic E-state index is -3.80. The fraction of sp³-hybridized carbons (Fsp3) is 0.600. The first-order valence-corrected chi connectivity index (χ1v) is 16.0. The van der Waals surface area contributed by atoms with Crippen LogP contribution in [0.5, 0.6) is 0 Å². The zero-order valence-electron chi connectivity index (χ0n) is 22.1. The number of nitrogens with zero attached hydrogens (tertiary/aromatic N) is 5. The van der Waals surface area contributed by atoms with E-state index >= 15 is 0 Å². The third-order valence-electron chi connectivity index (χ3n) is 7.83. The van der Waals surface area contributed by atoms with E-state index in [0.29, 0.717) is 44.7 Å². The second-order valence-electron chi connectivity index (χ2n) is 11.1. The Kier molecular flexibility index (Phi) is 6.86. The molecule has 1 N–H and O–H groups in total. The number of sulfonamides is 2. The molecule has 3 heterocycles. The molecule has 0 radical (unpaired) electrons. The molecular weight excluding hydrogens is 528 g/mol. The Hall–Kier alpha value is -2.48. The van der Waals surface area contributed by atoms with E-state index in [1.165, 1.54) is 4.31 Å². The summed E-state index contributed by atoms with van der Waals surface area (Å²) in [6, 6.07) is 3.11. The Labute approximate surface area is 224 Å². The van der Waals surface area contributed by atoms with Crippen LogP contribution in [0, 0.1) is 5.92 Å². The van der Waals surface area contributed by atoms with Gasteiger partial charge in [0.25, 0.3) is 0 Å². The van der Waals surface area contributed by atoms with Crippen LogP contribution >= 0.6 is 0 Å². The van der Waals surface area contributed by atoms with Crippen LogP contribution < -0.4 is 9.62 Å². The summed E-state index contributed by atoms with van der Waals surface area (Å²) in [5, 5.41) is 6.37. The van der Waals surface area contributed by atoms with Gasteiger partial charge in [-0.1, -0.05) is 20.4 Å². The van der Waals surface area contributed by atoms with Gasteiger partial charge in [0, 0.05) is 67.2 Å². The maximum Gasteiger partial charge on any atom is 0.241 e. The van der Waals surface area contributed by atoms with Gasteiger partial charge in [0.1, 0.15) is 0 Å². The lowest BCUT2D eigenvalue weighted by Crippen LogP contribution is -2.50. The molecule has 2 aromatic rings. The average molecular weight is 565 g/mol. The zero-order chi connectivity index (χ0) is 27.5. The predicted octanol–water partition coefficient (Wildman–Crippen LogP) is 1.89. The van der Waals surface area contributed by atoms with E-state index in [2.05, 4.69) is 21.3 Å². The van der Waals surface area contributed by atoms with Crippen molar-refractivity contribution in [3.05, 3.63) is 30.3 Å². The number of aromatic nitrogens is 2. The highest BCUT2D eigenvalue weighted by Gasteiger charge is 2.42. The van der Waals surface area contributed by atoms with Crippen molar-refractivity contribution in [3.63, 3.8) is 0 Å². The summed E-state index contributed by atoms with van der Waals surface area (Å²) >= 11 is 0. The average Bonchev–Trinajstić information content (AvgIpc) is 3.26. The molecule has 208 valence electrons. The summed E-state index contributed by atoms with van der Waals surface area (Å²) in [4.78, 5) is 16.6. The van der Waals surface area contributed by atoms with E-state index < -0.39 is 25.6 Å². The molecule has 1 aliphatic carbocycles. The number of benzene rings is 1. The topological polar surface area (TPSA) is 125 Å². The lowest BCUT2D eigenvalue weighted by atomic mass is 10.1. The summed E-state index contributed by atoms with van der Waals surface area (Å²) in [6.07, 6.45) is 3.87. The molecule has 0 bridgehead atoms. The number of carbonyl (C=O) groups is 1. The second-order valence-corrected chi connectivity index (χ2v) is 14.7. The normalized spacial score (nSPS) is 22.4. The van der Waals surface area contributed by atoms with Crippen molar-refractivity contribution >= 4 is 42.5 Å². The standard InChI is InChI=1S/C25H36N6O5S2/c1-5-37(33,34)30-9-6-19(17-30)31-23-15-20(38(35,36)27-25(4)7-8-25)14-22(21(23)16-26-31)28-10-12-29(13-11-28)24(32)18(2)3/h5,14-16,18-19,27H,1,6-13,17H2,2-4H3. The van der Waals surface area contributed by atoms with Gasteiger partial charge in [-0.15, -0.1) is 0 Å². The summed E-state index contributed by atoms with van der Waals surface area (Å²) in [7, 11) is -7.36. The molecule has 2 saturated heterocycles. The Balaban J connectivity index is 1.52. The minimum Gasteiger partial charge on any atom is -0.367 e. The third kappa shape index (κ3) is 5.08. The first-order chi connectivity index (χ1) is 17.8. The molecule has 13 heteroatoms. The first kappa shape index (κ1) is 27.1. The quantitative estimate of drug-likeness (QED) is 0.519. The van der Waals surface area contributed by atoms with Crippen LogP contribution in [0.3, 0.4) is 0 Å². The molecule has 1 saturated carbocycles. The number of anilines is 1. The lowest BCUT2D eigenvalue weighted by molar-refractivity contribution is -0.134. The van der Waals surface area contributed by atoms with Crippen LogP contribution in [0.15, 0.2) is 35.2 Å². The molecule has 38 heavy (non-hydrogen) atoms. The summed E-state index contributed by atoms with van der Waals surface area (Å²) in [6.45, 7) is 11.9. The smallest absolute Gasteiger partial charge is 0.241 e. The van der Waals surface area contributed by atoms with Gasteiger partial charge < -0.3 is 9.80 Å². The number of piperazine rings is 1. The number of fused-ring (bicyclic) bond motifs is 1. The van der Waals surface area contributed by atoms with Crippen LogP contribution in [0.2, 0.25) is 0 Å². The van der Waals surface area contributed by atoms with Crippen LogP contribution in [0.4, 0.5) is 5.69 Å². The highest BCUT2D eigenvalue weighted by molar-refractivity contribution is 7.92. The molecule has 5 rings (SSSR count). The number of hydrogen-bond donors (Lipinski definition) is 1. The van der Waals surface area contributed by atoms with Gasteiger partial charge in [-0.05, 0) is 38.3 Å². The van der Waals surface area contributed by atoms with Crippen molar-refractivity contribution in [1.82, 2.24) is 23.7 Å². The van der Waals surface area contributed by atoms with Gasteiger partial charge in [0.2, 0.25) is 26.0 Å². The van der Waals surface area contributed by atoms with E-state index in [-0.39, 0.29) is 29.3 Å². The van der Waals surface area contributed by atoms with Gasteiger partial charge in [0.05, 0.1) is 22.7 Å². The minimum absolute atomic E-state index is 0.0781. The molecule has 1 atom stereocenters. The molecule has 3 fully saturated rings. The van der Waals surface area contributed by atoms with Gasteiger partial charge in [-0.25, -0.2) is 21.6 Å². The summed E-state index contributed by atoms with van der Waals surface area (Å²) in [5.41, 5.74) is 0.967. The largest absolute Gasteiger partial charge is 0.367 e. The molecule has 1 aromatic carbocycles. The Morgan fingerprint density at radius 2 is 1.82 bits per heavy atom. The number of carbonyl (C=O) groups excluding carboxylic acids is 1. The molecule has 3 aliphatic rings. The monoisotopic (exact) mass is 564 g/mol. The van der Waals surface area contributed by atoms with Crippen LogP contribution in [0.1, 0.15) is 46.1 Å². The van der Waals surface area contributed by atoms with E-state index in [1.807, 2.05) is 25.7 Å². The number of nitrogens with one attached hydrogen (secondary N) is 1. The molecule has 2 aliphatic heterocycles. The molecule has 11 nitrogen and oxygen atoms in total. The zero-order valence-corrected chi connectivity index (χ0v) is 23.8. The van der Waals surface area contributed by atoms with Crippen LogP contribution in [-0.2, 0) is 24.8 Å². The van der Waals surface area contributed by atoms with Gasteiger partial charge >= 0.3 is 0 Å². The first-order valence-electron chi connectivity index (χ1n) is 13.1. The number of amides is 1. The van der Waals surface area contributed by atoms with E-state index in [9.17, 15) is 21.6 Å². The van der Waals surface area contributed by atoms with E-state index in [4.69, 9.17) is 0 Å². The Bertz CT molecular complexity index is 1470. The molecule has 0 spiro atoms. The van der Waals surface area contributed by atoms with Crippen molar-refractivity contribution in [1.29, 1.82) is 0 Å². The van der Waals surface area contributed by atoms with Crippen LogP contribution in [-0.4, -0.2) is 86.5 Å². The van der Waals surface area contributed by atoms with E-state index in [1.54, 1.807) is 23.0 Å². The molecule has 1 unspecified atom stereocenters. The van der Waals surface area contributed by atoms with Gasteiger partial charge in [0.15, 0.2) is 0 Å². The van der Waals surface area contributed by atoms with E-state index in [0.717, 1.165) is 29.3 Å². The SMILES string of the molecule is C=CS(=O)(=O)N1CCC(n2ncc3c(N4CCN(C(=O)C(C)C)CC4)cc(S(=O)(=O)NC4(C)CC4)cc32)C1. The van der Waals surface area contributed by atoms with Crippen molar-refractivity contribution in [2.75, 3.05) is 44.2 Å². The Morgan fingerprint density at radius 3 is 2.42 bits per heavy atom. The molecular formula is C25H36N6O5S2. The lowest BCUT2D eigenvalue weighted by Gasteiger charge is -2.37. The van der Waals surface area contributed by atoms with Gasteiger partial charge in [-0.3, -0.25) is 9.48 Å². The van der Waals surface area contributed by atoms with Crippen molar-refractivity contribution in [3.8, 4) is 0 Å². The molecule has 1 aromatic heterocycles. The van der Waals surface area contributed by atoms with Crippen molar-refractivity contribution in [2.45, 2.75) is 56.5 Å². The number of hydrogen-bond acceptors (Lipinski definition) is 7. The summed E-state index contributed by atoms with van der Waals surface area (Å²) < 4.78 is 57.5. The maximum atomic E-state index is 13.4.